The molecule has 12 heteroatoms. The van der Waals surface area contributed by atoms with Crippen molar-refractivity contribution >= 4 is 0 Å². The first-order valence-corrected chi connectivity index (χ1v) is 20.3. The maximum Gasteiger partial charge on any atom is 0.330 e. The average molecular weight is 735 g/mol. The minimum Gasteiger partial charge on any atom is -0.392 e. The van der Waals surface area contributed by atoms with E-state index < -0.39 is 0 Å². The van der Waals surface area contributed by atoms with Crippen LogP contribution in [0.1, 0.15) is 141 Å². The zero-order chi connectivity index (χ0) is 38.7. The molecule has 0 fully saturated rings. The molecule has 0 radical (unpaired) electrons. The Morgan fingerprint density at radius 3 is 1.40 bits per heavy atom. The third-order valence-corrected chi connectivity index (χ3v) is 9.49. The molecule has 0 spiro atoms. The monoisotopic (exact) mass is 735 g/mol. The highest BCUT2D eigenvalue weighted by molar-refractivity contribution is 5.03. The van der Waals surface area contributed by atoms with Crippen molar-refractivity contribution in [1.29, 1.82) is 0 Å². The van der Waals surface area contributed by atoms with E-state index in [1.807, 2.05) is 0 Å². The number of nitrogens with one attached hydrogen (secondary N) is 2. The largest absolute Gasteiger partial charge is 0.392 e. The van der Waals surface area contributed by atoms with Gasteiger partial charge in [0.1, 0.15) is 0 Å². The van der Waals surface area contributed by atoms with Crippen LogP contribution in [0.5, 0.6) is 0 Å². The van der Waals surface area contributed by atoms with Crippen LogP contribution in [0.25, 0.3) is 0 Å². The second kappa shape index (κ2) is 28.7. The molecule has 52 heavy (non-hydrogen) atoms. The molecule has 2 rings (SSSR count). The molecule has 0 saturated heterocycles. The van der Waals surface area contributed by atoms with Gasteiger partial charge in [0.2, 0.25) is 0 Å². The number of aliphatic hydroxyl groups excluding tert-OH is 2. The van der Waals surface area contributed by atoms with Gasteiger partial charge in [-0.15, -0.1) is 0 Å². The minimum absolute atomic E-state index is 0.164. The molecule has 0 aliphatic heterocycles. The van der Waals surface area contributed by atoms with Crippen molar-refractivity contribution in [3.05, 3.63) is 65.2 Å². The molecule has 0 bridgehead atoms. The molecule has 0 saturated carbocycles. The Morgan fingerprint density at radius 2 is 0.923 bits per heavy atom. The van der Waals surface area contributed by atoms with Crippen molar-refractivity contribution in [2.24, 2.45) is 14.1 Å². The molecular weight excluding hydrogens is 660 g/mol. The van der Waals surface area contributed by atoms with E-state index in [0.717, 1.165) is 64.5 Å². The Labute approximate surface area is 312 Å². The topological polar surface area (TPSA) is 153 Å². The summed E-state index contributed by atoms with van der Waals surface area (Å²) in [4.78, 5) is 48.0. The minimum atomic E-state index is -0.367. The van der Waals surface area contributed by atoms with Crippen molar-refractivity contribution in [3.8, 4) is 0 Å². The number of unbranched alkanes of at least 4 members (excludes halogenated alkanes) is 12. The predicted molar refractivity (Wildman–Crippen MR) is 214 cm³/mol. The summed E-state index contributed by atoms with van der Waals surface area (Å²) in [5.41, 5.74) is 0.292. The number of hydrogen-bond donors (Lipinski definition) is 4. The van der Waals surface area contributed by atoms with Gasteiger partial charge >= 0.3 is 11.4 Å². The van der Waals surface area contributed by atoms with Crippen molar-refractivity contribution < 1.29 is 10.2 Å². The van der Waals surface area contributed by atoms with E-state index >= 15 is 0 Å². The van der Waals surface area contributed by atoms with Gasteiger partial charge in [0.05, 0.1) is 12.2 Å². The quantitative estimate of drug-likeness (QED) is 0.0921. The van der Waals surface area contributed by atoms with Crippen LogP contribution in [0.4, 0.5) is 0 Å². The van der Waals surface area contributed by atoms with Crippen LogP contribution in [0.15, 0.2) is 31.6 Å². The lowest BCUT2D eigenvalue weighted by molar-refractivity contribution is 0.157. The number of aryl methyl sites for hydroxylation is 4. The summed E-state index contributed by atoms with van der Waals surface area (Å²) >= 11 is 0. The average Bonchev–Trinajstić information content (AvgIpc) is 3.11. The van der Waals surface area contributed by atoms with Gasteiger partial charge in [0.15, 0.2) is 0 Å². The van der Waals surface area contributed by atoms with Gasteiger partial charge in [0, 0.05) is 63.8 Å². The molecule has 0 amide bonds. The Morgan fingerprint density at radius 1 is 0.538 bits per heavy atom. The molecule has 2 aromatic rings. The summed E-state index contributed by atoms with van der Waals surface area (Å²) in [7, 11) is 3.34. The zero-order valence-corrected chi connectivity index (χ0v) is 33.6. The summed E-state index contributed by atoms with van der Waals surface area (Å²) in [5.74, 6) is 0. The number of aromatic nitrogens is 4. The van der Waals surface area contributed by atoms with Crippen molar-refractivity contribution in [2.45, 2.75) is 169 Å². The SMILES string of the molecule is CCCCCCCCNCC(O)CCCCCCCCCn1c(=O)c(C)cn(C)c1=O.CCCNCC(O)CCCCn1c(=O)c(C)cn(C)c1=O. The lowest BCUT2D eigenvalue weighted by atomic mass is 10.1. The van der Waals surface area contributed by atoms with Gasteiger partial charge < -0.3 is 30.0 Å². The van der Waals surface area contributed by atoms with Gasteiger partial charge in [0.25, 0.3) is 11.1 Å². The lowest BCUT2D eigenvalue weighted by Gasteiger charge is -2.12. The molecule has 2 heterocycles. The standard InChI is InChI=1S/C25H47N3O3.C15H27N3O3/c1-4-5-6-7-12-15-18-26-20-23(29)17-14-11-9-8-10-13-16-19-28-24(30)22(2)21-27(3)25(28)31;1-4-8-16-10-13(19)7-5-6-9-18-14(20)12(2)11-17(3)15(18)21/h21,23,26,29H,4-20H2,1-3H3;11,13,16,19H,4-10H2,1-3H3. The maximum absolute atomic E-state index is 12.1. The summed E-state index contributed by atoms with van der Waals surface area (Å²) in [5, 5.41) is 26.4. The van der Waals surface area contributed by atoms with E-state index in [2.05, 4.69) is 24.5 Å². The zero-order valence-electron chi connectivity index (χ0n) is 33.6. The lowest BCUT2D eigenvalue weighted by Crippen LogP contribution is -2.39. The fourth-order valence-corrected chi connectivity index (χ4v) is 6.31. The van der Waals surface area contributed by atoms with Gasteiger partial charge in [-0.2, -0.15) is 0 Å². The van der Waals surface area contributed by atoms with Gasteiger partial charge in [-0.1, -0.05) is 84.5 Å². The second-order valence-corrected chi connectivity index (χ2v) is 14.6. The van der Waals surface area contributed by atoms with Crippen LogP contribution in [-0.4, -0.2) is 66.9 Å². The normalized spacial score (nSPS) is 12.5. The first-order chi connectivity index (χ1) is 24.9. The number of aliphatic hydroxyl groups is 2. The second-order valence-electron chi connectivity index (χ2n) is 14.6. The molecule has 300 valence electrons. The molecule has 0 aromatic carbocycles. The summed E-state index contributed by atoms with van der Waals surface area (Å²) in [6.45, 7) is 11.9. The maximum atomic E-state index is 12.1. The smallest absolute Gasteiger partial charge is 0.330 e. The number of hydrogen-bond acceptors (Lipinski definition) is 8. The van der Waals surface area contributed by atoms with E-state index in [1.54, 1.807) is 40.3 Å². The van der Waals surface area contributed by atoms with E-state index in [9.17, 15) is 29.4 Å². The Balaban J connectivity index is 0.000000560. The number of nitrogens with zero attached hydrogens (tertiary/aromatic N) is 4. The van der Waals surface area contributed by atoms with Crippen LogP contribution in [0.3, 0.4) is 0 Å². The molecule has 2 atom stereocenters. The van der Waals surface area contributed by atoms with Gasteiger partial charge in [-0.25, -0.2) is 9.59 Å². The third-order valence-electron chi connectivity index (χ3n) is 9.49. The van der Waals surface area contributed by atoms with Crippen molar-refractivity contribution in [3.63, 3.8) is 0 Å². The highest BCUT2D eigenvalue weighted by Gasteiger charge is 2.09. The van der Waals surface area contributed by atoms with Crippen LogP contribution in [0.2, 0.25) is 0 Å². The molecule has 2 unspecified atom stereocenters. The summed E-state index contributed by atoms with van der Waals surface area (Å²) < 4.78 is 5.55. The third kappa shape index (κ3) is 19.9. The van der Waals surface area contributed by atoms with Crippen LogP contribution in [-0.2, 0) is 27.2 Å². The van der Waals surface area contributed by atoms with Crippen LogP contribution < -0.4 is 33.1 Å². The van der Waals surface area contributed by atoms with E-state index in [-0.39, 0.29) is 34.7 Å². The molecular formula is C40H74N6O6. The van der Waals surface area contributed by atoms with Crippen LogP contribution in [0, 0.1) is 13.8 Å². The summed E-state index contributed by atoms with van der Waals surface area (Å²) in [6, 6.07) is 0. The fourth-order valence-electron chi connectivity index (χ4n) is 6.31. The van der Waals surface area contributed by atoms with Crippen LogP contribution >= 0.6 is 0 Å². The van der Waals surface area contributed by atoms with Gasteiger partial charge in [-0.3, -0.25) is 18.7 Å². The number of rotatable bonds is 28. The fraction of sp³-hybridized carbons (Fsp3) is 0.800. The Bertz CT molecular complexity index is 1390. The van der Waals surface area contributed by atoms with E-state index in [0.29, 0.717) is 50.1 Å². The predicted octanol–water partition coefficient (Wildman–Crippen LogP) is 4.67. The molecule has 4 N–H and O–H groups in total. The molecule has 2 aromatic heterocycles. The van der Waals surface area contributed by atoms with Crippen molar-refractivity contribution in [2.75, 3.05) is 26.2 Å². The summed E-state index contributed by atoms with van der Waals surface area (Å²) in [6.07, 6.45) is 22.1. The van der Waals surface area contributed by atoms with Gasteiger partial charge in [-0.05, 0) is 71.9 Å². The van der Waals surface area contributed by atoms with Crippen molar-refractivity contribution in [1.82, 2.24) is 28.9 Å². The molecule has 0 aliphatic carbocycles. The first kappa shape index (κ1) is 47.2. The first-order valence-electron chi connectivity index (χ1n) is 20.3. The highest BCUT2D eigenvalue weighted by atomic mass is 16.3. The Hall–Kier alpha value is -2.80. The molecule has 12 nitrogen and oxygen atoms in total. The molecule has 0 aliphatic rings. The highest BCUT2D eigenvalue weighted by Crippen LogP contribution is 2.10. The van der Waals surface area contributed by atoms with E-state index in [1.165, 1.54) is 69.6 Å². The van der Waals surface area contributed by atoms with E-state index in [4.69, 9.17) is 0 Å². The Kier molecular flexibility index (Phi) is 26.0.